The summed E-state index contributed by atoms with van der Waals surface area (Å²) in [4.78, 5) is 28.8. The van der Waals surface area contributed by atoms with E-state index in [-0.39, 0.29) is 18.4 Å². The number of morpholine rings is 2. The van der Waals surface area contributed by atoms with Crippen LogP contribution in [0.25, 0.3) is 0 Å². The third-order valence-corrected chi connectivity index (χ3v) is 5.08. The van der Waals surface area contributed by atoms with E-state index in [4.69, 9.17) is 9.47 Å². The normalized spacial score (nSPS) is 24.5. The van der Waals surface area contributed by atoms with Gasteiger partial charge in [-0.2, -0.15) is 0 Å². The number of carbonyl (C=O) groups excluding carboxylic acids is 2. The molecule has 2 heterocycles. The minimum Gasteiger partial charge on any atom is -0.379 e. The van der Waals surface area contributed by atoms with E-state index in [1.54, 1.807) is 11.9 Å². The van der Waals surface area contributed by atoms with Crippen molar-refractivity contribution in [3.8, 4) is 0 Å². The van der Waals surface area contributed by atoms with Crippen molar-refractivity contribution in [1.29, 1.82) is 0 Å². The molecule has 2 aliphatic rings. The number of amides is 2. The molecule has 2 atom stereocenters. The highest BCUT2D eigenvalue weighted by Gasteiger charge is 2.40. The largest absolute Gasteiger partial charge is 0.379 e. The third-order valence-electron chi connectivity index (χ3n) is 5.08. The first-order valence-electron chi connectivity index (χ1n) is 9.08. The Morgan fingerprint density at radius 2 is 2.00 bits per heavy atom. The molecule has 2 fully saturated rings. The Hall–Kier alpha value is -1.96. The fraction of sp³-hybridized carbons (Fsp3) is 0.579. The summed E-state index contributed by atoms with van der Waals surface area (Å²) in [5.74, 6) is -0.290. The molecule has 0 aliphatic carbocycles. The lowest BCUT2D eigenvalue weighted by molar-refractivity contribution is -0.162. The van der Waals surface area contributed by atoms with E-state index in [9.17, 15) is 9.59 Å². The van der Waals surface area contributed by atoms with Crippen molar-refractivity contribution in [2.75, 3.05) is 53.0 Å². The molecule has 7 nitrogen and oxygen atoms in total. The zero-order chi connectivity index (χ0) is 18.5. The van der Waals surface area contributed by atoms with Crippen molar-refractivity contribution in [2.45, 2.75) is 19.1 Å². The highest BCUT2D eigenvalue weighted by Crippen LogP contribution is 2.31. The first-order chi connectivity index (χ1) is 12.6. The first-order valence-corrected chi connectivity index (χ1v) is 9.08. The van der Waals surface area contributed by atoms with Crippen LogP contribution in [0.5, 0.6) is 0 Å². The summed E-state index contributed by atoms with van der Waals surface area (Å²) >= 11 is 0. The standard InChI is InChI=1S/C19H27N3O4/c1-14-5-3-4-6-15(14)17-18(26-13-16(23)21(17)2)19(24)20-7-8-22-9-11-25-12-10-22/h3-6,17-18H,7-13H2,1-2H3,(H,20,24). The highest BCUT2D eigenvalue weighted by molar-refractivity contribution is 5.86. The molecular formula is C19H27N3O4. The molecule has 1 aromatic rings. The molecule has 1 aromatic carbocycles. The van der Waals surface area contributed by atoms with Gasteiger partial charge in [0.1, 0.15) is 6.61 Å². The summed E-state index contributed by atoms with van der Waals surface area (Å²) in [5.41, 5.74) is 1.98. The summed E-state index contributed by atoms with van der Waals surface area (Å²) < 4.78 is 11.0. The number of nitrogens with one attached hydrogen (secondary N) is 1. The number of likely N-dealkylation sites (N-methyl/N-ethyl adjacent to an activating group) is 1. The molecule has 0 saturated carbocycles. The van der Waals surface area contributed by atoms with Crippen molar-refractivity contribution < 1.29 is 19.1 Å². The SMILES string of the molecule is Cc1ccccc1C1C(C(=O)NCCN2CCOCC2)OCC(=O)N1C. The third kappa shape index (κ3) is 4.23. The van der Waals surface area contributed by atoms with Crippen LogP contribution >= 0.6 is 0 Å². The zero-order valence-corrected chi connectivity index (χ0v) is 15.4. The molecule has 0 spiro atoms. The van der Waals surface area contributed by atoms with Crippen molar-refractivity contribution in [1.82, 2.24) is 15.1 Å². The van der Waals surface area contributed by atoms with Crippen LogP contribution in [-0.4, -0.2) is 80.8 Å². The molecular weight excluding hydrogens is 334 g/mol. The number of hydrogen-bond donors (Lipinski definition) is 1. The van der Waals surface area contributed by atoms with E-state index in [0.29, 0.717) is 6.54 Å². The van der Waals surface area contributed by atoms with Crippen LogP contribution in [0.15, 0.2) is 24.3 Å². The predicted molar refractivity (Wildman–Crippen MR) is 96.7 cm³/mol. The minimum absolute atomic E-state index is 0.0690. The molecule has 2 amide bonds. The maximum absolute atomic E-state index is 12.8. The van der Waals surface area contributed by atoms with E-state index in [1.807, 2.05) is 31.2 Å². The van der Waals surface area contributed by atoms with E-state index < -0.39 is 12.1 Å². The molecule has 0 radical (unpaired) electrons. The predicted octanol–water partition coefficient (Wildman–Crippen LogP) is 0.342. The summed E-state index contributed by atoms with van der Waals surface area (Å²) in [6, 6.07) is 7.38. The van der Waals surface area contributed by atoms with Gasteiger partial charge in [0, 0.05) is 33.2 Å². The molecule has 0 aromatic heterocycles. The van der Waals surface area contributed by atoms with Crippen LogP contribution in [0, 0.1) is 6.92 Å². The Kier molecular flexibility index (Phi) is 6.24. The van der Waals surface area contributed by atoms with Crippen LogP contribution < -0.4 is 5.32 Å². The van der Waals surface area contributed by atoms with Gasteiger partial charge in [-0.25, -0.2) is 0 Å². The lowest BCUT2D eigenvalue weighted by Crippen LogP contribution is -2.54. The maximum atomic E-state index is 12.8. The molecule has 26 heavy (non-hydrogen) atoms. The van der Waals surface area contributed by atoms with Gasteiger partial charge in [0.15, 0.2) is 6.10 Å². The molecule has 142 valence electrons. The average Bonchev–Trinajstić information content (AvgIpc) is 2.65. The number of ether oxygens (including phenoxy) is 2. The van der Waals surface area contributed by atoms with Gasteiger partial charge in [0.25, 0.3) is 5.91 Å². The zero-order valence-electron chi connectivity index (χ0n) is 15.4. The second kappa shape index (κ2) is 8.62. The molecule has 2 aliphatic heterocycles. The molecule has 3 rings (SSSR count). The van der Waals surface area contributed by atoms with E-state index in [1.165, 1.54) is 0 Å². The topological polar surface area (TPSA) is 71.1 Å². The Balaban J connectivity index is 1.66. The highest BCUT2D eigenvalue weighted by atomic mass is 16.5. The van der Waals surface area contributed by atoms with Gasteiger partial charge >= 0.3 is 0 Å². The summed E-state index contributed by atoms with van der Waals surface area (Å²) in [7, 11) is 1.73. The Labute approximate surface area is 154 Å². The number of nitrogens with zero attached hydrogens (tertiary/aromatic N) is 2. The van der Waals surface area contributed by atoms with Crippen LogP contribution in [0.4, 0.5) is 0 Å². The van der Waals surface area contributed by atoms with Crippen molar-refractivity contribution in [2.24, 2.45) is 0 Å². The molecule has 2 unspecified atom stereocenters. The smallest absolute Gasteiger partial charge is 0.251 e. The first kappa shape index (κ1) is 18.8. The lowest BCUT2D eigenvalue weighted by Gasteiger charge is -2.39. The number of aryl methyl sites for hydroxylation is 1. The van der Waals surface area contributed by atoms with Gasteiger partial charge in [-0.1, -0.05) is 24.3 Å². The van der Waals surface area contributed by atoms with Gasteiger partial charge in [0.05, 0.1) is 19.3 Å². The minimum atomic E-state index is -0.705. The number of carbonyl (C=O) groups is 2. The number of benzene rings is 1. The van der Waals surface area contributed by atoms with Crippen molar-refractivity contribution in [3.63, 3.8) is 0 Å². The number of hydrogen-bond acceptors (Lipinski definition) is 5. The van der Waals surface area contributed by atoms with Crippen molar-refractivity contribution in [3.05, 3.63) is 35.4 Å². The lowest BCUT2D eigenvalue weighted by atomic mass is 9.94. The fourth-order valence-corrected chi connectivity index (χ4v) is 3.48. The van der Waals surface area contributed by atoms with Crippen LogP contribution in [0.1, 0.15) is 17.2 Å². The maximum Gasteiger partial charge on any atom is 0.251 e. The van der Waals surface area contributed by atoms with Gasteiger partial charge in [-0.15, -0.1) is 0 Å². The average molecular weight is 361 g/mol. The van der Waals surface area contributed by atoms with E-state index in [2.05, 4.69) is 10.2 Å². The monoisotopic (exact) mass is 361 g/mol. The Bertz CT molecular complexity index is 645. The summed E-state index contributed by atoms with van der Waals surface area (Å²) in [5, 5.41) is 2.97. The molecule has 1 N–H and O–H groups in total. The van der Waals surface area contributed by atoms with Crippen LogP contribution in [0.3, 0.4) is 0 Å². The number of rotatable bonds is 5. The quantitative estimate of drug-likeness (QED) is 0.819. The summed E-state index contributed by atoms with van der Waals surface area (Å²) in [6.45, 7) is 6.50. The molecule has 2 saturated heterocycles. The van der Waals surface area contributed by atoms with Gasteiger partial charge < -0.3 is 19.7 Å². The summed E-state index contributed by atoms with van der Waals surface area (Å²) in [6.07, 6.45) is -0.705. The molecule has 0 bridgehead atoms. The molecule has 7 heteroatoms. The van der Waals surface area contributed by atoms with E-state index in [0.717, 1.165) is 44.0 Å². The van der Waals surface area contributed by atoms with Gasteiger partial charge in [0.2, 0.25) is 5.91 Å². The van der Waals surface area contributed by atoms with Crippen LogP contribution in [-0.2, 0) is 19.1 Å². The second-order valence-corrected chi connectivity index (χ2v) is 6.78. The fourth-order valence-electron chi connectivity index (χ4n) is 3.48. The van der Waals surface area contributed by atoms with Gasteiger partial charge in [-0.05, 0) is 18.1 Å². The Morgan fingerprint density at radius 3 is 2.73 bits per heavy atom. The van der Waals surface area contributed by atoms with Crippen molar-refractivity contribution >= 4 is 11.8 Å². The van der Waals surface area contributed by atoms with E-state index >= 15 is 0 Å². The Morgan fingerprint density at radius 1 is 1.27 bits per heavy atom. The second-order valence-electron chi connectivity index (χ2n) is 6.78. The van der Waals surface area contributed by atoms with Crippen LogP contribution in [0.2, 0.25) is 0 Å². The van der Waals surface area contributed by atoms with Gasteiger partial charge in [-0.3, -0.25) is 14.5 Å².